The summed E-state index contributed by atoms with van der Waals surface area (Å²) in [5.74, 6) is 0. The Kier molecular flexibility index (Phi) is 5.89. The van der Waals surface area contributed by atoms with Gasteiger partial charge >= 0.3 is 7.60 Å². The van der Waals surface area contributed by atoms with E-state index in [4.69, 9.17) is 14.3 Å². The molecule has 0 aliphatic carbocycles. The molecule has 0 amide bonds. The topological polar surface area (TPSA) is 88.4 Å². The predicted molar refractivity (Wildman–Crippen MR) is 76.1 cm³/mol. The van der Waals surface area contributed by atoms with Crippen LogP contribution in [-0.2, 0) is 19.0 Å². The van der Waals surface area contributed by atoms with E-state index in [1.165, 1.54) is 6.92 Å². The molecule has 6 nitrogen and oxygen atoms in total. The summed E-state index contributed by atoms with van der Waals surface area (Å²) in [4.78, 5) is 0. The van der Waals surface area contributed by atoms with Gasteiger partial charge in [0.05, 0.1) is 13.2 Å². The Balaban J connectivity index is 3.49. The lowest BCUT2D eigenvalue weighted by Gasteiger charge is -2.34. The van der Waals surface area contributed by atoms with Crippen LogP contribution < -0.4 is 0 Å². The quantitative estimate of drug-likeness (QED) is 0.350. The van der Waals surface area contributed by atoms with E-state index in [-0.39, 0.29) is 24.5 Å². The van der Waals surface area contributed by atoms with Crippen molar-refractivity contribution in [3.8, 4) is 0 Å². The van der Waals surface area contributed by atoms with Crippen molar-refractivity contribution in [3.63, 3.8) is 0 Å². The minimum absolute atomic E-state index is 0.0884. The van der Waals surface area contributed by atoms with Gasteiger partial charge in [0.15, 0.2) is 0 Å². The van der Waals surface area contributed by atoms with Crippen LogP contribution in [0.25, 0.3) is 0 Å². The molecule has 1 aromatic carbocycles. The van der Waals surface area contributed by atoms with Crippen LogP contribution in [0.2, 0.25) is 0 Å². The highest BCUT2D eigenvalue weighted by Gasteiger charge is 2.54. The van der Waals surface area contributed by atoms with Gasteiger partial charge in [0.1, 0.15) is 5.71 Å². The van der Waals surface area contributed by atoms with Crippen molar-refractivity contribution in [2.75, 3.05) is 13.2 Å². The Hall–Kier alpha value is -1.20. The van der Waals surface area contributed by atoms with E-state index in [1.54, 1.807) is 44.2 Å². The lowest BCUT2D eigenvalue weighted by molar-refractivity contribution is 0.111. The maximum Gasteiger partial charge on any atom is 0.372 e. The summed E-state index contributed by atoms with van der Waals surface area (Å²) in [6.45, 7) is 4.82. The van der Waals surface area contributed by atoms with Crippen molar-refractivity contribution in [1.82, 2.24) is 0 Å². The van der Waals surface area contributed by atoms with Crippen LogP contribution in [-0.4, -0.2) is 29.2 Å². The molecule has 1 aromatic rings. The number of aliphatic hydroxyl groups is 1. The molecule has 0 aromatic heterocycles. The van der Waals surface area contributed by atoms with E-state index >= 15 is 0 Å². The lowest BCUT2D eigenvalue weighted by atomic mass is 10.1. The van der Waals surface area contributed by atoms with Crippen LogP contribution >= 0.6 is 7.60 Å². The third-order valence-electron chi connectivity index (χ3n) is 2.83. The number of oxime groups is 1. The first-order chi connectivity index (χ1) is 9.46. The summed E-state index contributed by atoms with van der Waals surface area (Å²) in [5, 5.41) is 20.8. The first kappa shape index (κ1) is 16.9. The fourth-order valence-electron chi connectivity index (χ4n) is 1.87. The van der Waals surface area contributed by atoms with Gasteiger partial charge in [-0.05, 0) is 20.8 Å². The maximum absolute atomic E-state index is 12.9. The molecule has 0 aliphatic heterocycles. The Morgan fingerprint density at radius 2 is 1.75 bits per heavy atom. The molecule has 0 radical (unpaired) electrons. The predicted octanol–water partition coefficient (Wildman–Crippen LogP) is 2.95. The van der Waals surface area contributed by atoms with Crippen LogP contribution in [0.15, 0.2) is 35.5 Å². The SMILES string of the molecule is CCOP(=O)(OCC)C(O)(/C(C)=N\O)c1ccccc1. The fourth-order valence-corrected chi connectivity index (χ4v) is 3.90. The lowest BCUT2D eigenvalue weighted by Crippen LogP contribution is -2.35. The Morgan fingerprint density at radius 1 is 1.25 bits per heavy atom. The summed E-state index contributed by atoms with van der Waals surface area (Å²) in [6.07, 6.45) is 0. The molecule has 0 heterocycles. The molecule has 112 valence electrons. The number of rotatable bonds is 7. The van der Waals surface area contributed by atoms with Gasteiger partial charge in [-0.2, -0.15) is 0 Å². The van der Waals surface area contributed by atoms with E-state index in [0.717, 1.165) is 0 Å². The van der Waals surface area contributed by atoms with Gasteiger partial charge in [-0.1, -0.05) is 35.5 Å². The first-order valence-corrected chi connectivity index (χ1v) is 7.86. The van der Waals surface area contributed by atoms with E-state index in [0.29, 0.717) is 0 Å². The van der Waals surface area contributed by atoms with Crippen molar-refractivity contribution >= 4 is 13.3 Å². The van der Waals surface area contributed by atoms with Crippen molar-refractivity contribution in [2.45, 2.75) is 26.1 Å². The number of nitrogens with zero attached hydrogens (tertiary/aromatic N) is 1. The number of hydrogen-bond acceptors (Lipinski definition) is 6. The van der Waals surface area contributed by atoms with E-state index in [9.17, 15) is 9.67 Å². The molecule has 20 heavy (non-hydrogen) atoms. The second kappa shape index (κ2) is 6.99. The van der Waals surface area contributed by atoms with E-state index in [2.05, 4.69) is 5.16 Å². The minimum Gasteiger partial charge on any atom is -0.411 e. The van der Waals surface area contributed by atoms with Crippen LogP contribution in [0, 0.1) is 0 Å². The highest BCUT2D eigenvalue weighted by Crippen LogP contribution is 2.64. The number of benzene rings is 1. The van der Waals surface area contributed by atoms with Crippen LogP contribution in [0.1, 0.15) is 26.3 Å². The smallest absolute Gasteiger partial charge is 0.372 e. The van der Waals surface area contributed by atoms with Crippen LogP contribution in [0.3, 0.4) is 0 Å². The van der Waals surface area contributed by atoms with Crippen LogP contribution in [0.4, 0.5) is 0 Å². The van der Waals surface area contributed by atoms with Gasteiger partial charge in [-0.25, -0.2) is 0 Å². The minimum atomic E-state index is -3.97. The Bertz CT molecular complexity index is 495. The second-order valence-electron chi connectivity index (χ2n) is 4.06. The normalized spacial score (nSPS) is 15.9. The summed E-state index contributed by atoms with van der Waals surface area (Å²) in [6, 6.07) is 8.24. The third kappa shape index (κ3) is 2.94. The molecule has 0 spiro atoms. The van der Waals surface area contributed by atoms with E-state index in [1.807, 2.05) is 0 Å². The van der Waals surface area contributed by atoms with Gasteiger partial charge in [0.25, 0.3) is 0 Å². The van der Waals surface area contributed by atoms with Crippen molar-refractivity contribution in [3.05, 3.63) is 35.9 Å². The zero-order chi connectivity index (χ0) is 15.2. The monoisotopic (exact) mass is 301 g/mol. The Morgan fingerprint density at radius 3 is 2.15 bits per heavy atom. The van der Waals surface area contributed by atoms with Gasteiger partial charge < -0.3 is 19.4 Å². The molecule has 1 rings (SSSR count). The molecule has 2 N–H and O–H groups in total. The highest BCUT2D eigenvalue weighted by molar-refractivity contribution is 7.56. The standard InChI is InChI=1S/C13H20NO5P/c1-4-18-20(17,19-5-2)13(15,11(3)14-16)12-9-7-6-8-10-12/h6-10,15-16H,4-5H2,1-3H3/b14-11-. The van der Waals surface area contributed by atoms with Crippen molar-refractivity contribution < 1.29 is 23.9 Å². The zero-order valence-corrected chi connectivity index (χ0v) is 12.7. The molecule has 0 fully saturated rings. The molecule has 1 unspecified atom stereocenters. The number of hydrogen-bond donors (Lipinski definition) is 2. The molecule has 1 atom stereocenters. The molecule has 7 heteroatoms. The van der Waals surface area contributed by atoms with Crippen molar-refractivity contribution in [2.24, 2.45) is 5.16 Å². The Labute approximate surface area is 118 Å². The first-order valence-electron chi connectivity index (χ1n) is 6.32. The summed E-state index contributed by atoms with van der Waals surface area (Å²) < 4.78 is 23.4. The molecular formula is C13H20NO5P. The highest BCUT2D eigenvalue weighted by atomic mass is 31.2. The summed E-state index contributed by atoms with van der Waals surface area (Å²) in [7, 11) is -3.97. The van der Waals surface area contributed by atoms with Crippen molar-refractivity contribution in [1.29, 1.82) is 0 Å². The molecule has 0 saturated heterocycles. The van der Waals surface area contributed by atoms with E-state index < -0.39 is 12.9 Å². The molecule has 0 aliphatic rings. The third-order valence-corrected chi connectivity index (χ3v) is 5.40. The maximum atomic E-state index is 12.9. The average molecular weight is 301 g/mol. The largest absolute Gasteiger partial charge is 0.411 e. The van der Waals surface area contributed by atoms with Crippen LogP contribution in [0.5, 0.6) is 0 Å². The molecular weight excluding hydrogens is 281 g/mol. The molecule has 0 bridgehead atoms. The average Bonchev–Trinajstić information content (AvgIpc) is 2.46. The molecule has 0 saturated carbocycles. The van der Waals surface area contributed by atoms with Gasteiger partial charge in [0, 0.05) is 5.56 Å². The zero-order valence-electron chi connectivity index (χ0n) is 11.8. The summed E-state index contributed by atoms with van der Waals surface area (Å²) >= 11 is 0. The van der Waals surface area contributed by atoms with Gasteiger partial charge in [-0.3, -0.25) is 4.57 Å². The summed E-state index contributed by atoms with van der Waals surface area (Å²) in [5.41, 5.74) is 0.120. The van der Waals surface area contributed by atoms with Gasteiger partial charge in [0.2, 0.25) is 5.34 Å². The second-order valence-corrected chi connectivity index (χ2v) is 6.22. The fraction of sp³-hybridized carbons (Fsp3) is 0.462. The van der Waals surface area contributed by atoms with Gasteiger partial charge in [-0.15, -0.1) is 0 Å².